The largest absolute Gasteiger partial charge is 0.465 e. The van der Waals surface area contributed by atoms with Crippen LogP contribution in [0.15, 0.2) is 0 Å². The Morgan fingerprint density at radius 2 is 1.81 bits per heavy atom. The fraction of sp³-hybridized carbons (Fsp3) is 0.933. The molecule has 7 nitrogen and oxygen atoms in total. The molecule has 0 radical (unpaired) electrons. The monoisotopic (exact) mass is 520 g/mol. The van der Waals surface area contributed by atoms with Crippen LogP contribution in [0, 0.1) is 46.3 Å². The number of aliphatic hydroxyl groups is 3. The zero-order valence-electron chi connectivity index (χ0n) is 23.2. The SMILES string of the molecule is C[C@H](CCC(=O)OC1(C)CCOC(=O)C1)[C@H]1CCC2C3C(C[C@H](O)[C@@]21C)[C@@]1(C)CC[C@@H](O)C[C@H]1C[C@H]3O. The molecule has 12 atom stereocenters. The number of ether oxygens (including phenoxy) is 2. The third kappa shape index (κ3) is 4.65. The van der Waals surface area contributed by atoms with Crippen LogP contribution in [0.5, 0.6) is 0 Å². The Labute approximate surface area is 221 Å². The van der Waals surface area contributed by atoms with E-state index < -0.39 is 11.7 Å². The number of cyclic esters (lactones) is 1. The van der Waals surface area contributed by atoms with E-state index in [0.717, 1.165) is 44.9 Å². The number of fused-ring (bicyclic) bond motifs is 5. The highest BCUT2D eigenvalue weighted by Gasteiger charge is 2.65. The van der Waals surface area contributed by atoms with Crippen molar-refractivity contribution in [3.63, 3.8) is 0 Å². The fourth-order valence-electron chi connectivity index (χ4n) is 9.92. The van der Waals surface area contributed by atoms with E-state index in [0.29, 0.717) is 25.2 Å². The minimum absolute atomic E-state index is 0.0700. The van der Waals surface area contributed by atoms with Crippen LogP contribution in [0.25, 0.3) is 0 Å². The molecule has 37 heavy (non-hydrogen) atoms. The standard InChI is InChI=1S/C30H48O7/c1-17(5-8-25(34)37-28(2)11-12-36-26(35)16-28)20-6-7-21-27-22(15-24(33)30(20,21)4)29(3)10-9-19(31)13-18(29)14-23(27)32/h17-24,27,31-33H,5-16H2,1-4H3/t17-,18+,19-,20-,21?,22?,23-,24+,27?,28?,29+,30-/m1/s1. The van der Waals surface area contributed by atoms with Gasteiger partial charge in [0.15, 0.2) is 0 Å². The third-order valence-electron chi connectivity index (χ3n) is 12.1. The fourth-order valence-corrected chi connectivity index (χ4v) is 9.92. The molecule has 0 aromatic rings. The molecule has 0 bridgehead atoms. The van der Waals surface area contributed by atoms with Crippen molar-refractivity contribution in [3.8, 4) is 0 Å². The summed E-state index contributed by atoms with van der Waals surface area (Å²) in [6, 6.07) is 0. The van der Waals surface area contributed by atoms with Crippen LogP contribution in [0.4, 0.5) is 0 Å². The van der Waals surface area contributed by atoms with Gasteiger partial charge >= 0.3 is 11.9 Å². The van der Waals surface area contributed by atoms with Gasteiger partial charge in [-0.3, -0.25) is 9.59 Å². The van der Waals surface area contributed by atoms with Crippen molar-refractivity contribution in [2.45, 2.75) is 122 Å². The van der Waals surface area contributed by atoms with Gasteiger partial charge in [0, 0.05) is 12.8 Å². The highest BCUT2D eigenvalue weighted by Crippen LogP contribution is 2.68. The van der Waals surface area contributed by atoms with E-state index in [4.69, 9.17) is 9.47 Å². The Kier molecular flexibility index (Phi) is 7.24. The molecule has 4 unspecified atom stereocenters. The van der Waals surface area contributed by atoms with E-state index in [-0.39, 0.29) is 77.6 Å². The van der Waals surface area contributed by atoms with Crippen molar-refractivity contribution >= 4 is 11.9 Å². The molecule has 0 aromatic heterocycles. The lowest BCUT2D eigenvalue weighted by Crippen LogP contribution is -2.62. The molecule has 210 valence electrons. The first-order chi connectivity index (χ1) is 17.4. The lowest BCUT2D eigenvalue weighted by Gasteiger charge is -2.63. The van der Waals surface area contributed by atoms with Gasteiger partial charge in [-0.25, -0.2) is 0 Å². The molecule has 0 spiro atoms. The van der Waals surface area contributed by atoms with E-state index in [1.807, 2.05) is 0 Å². The van der Waals surface area contributed by atoms with Crippen molar-refractivity contribution in [2.24, 2.45) is 46.3 Å². The minimum atomic E-state index is -0.783. The zero-order chi connectivity index (χ0) is 26.8. The third-order valence-corrected chi connectivity index (χ3v) is 12.1. The van der Waals surface area contributed by atoms with Gasteiger partial charge in [0.05, 0.1) is 31.3 Å². The first-order valence-corrected chi connectivity index (χ1v) is 14.8. The number of rotatable bonds is 5. The van der Waals surface area contributed by atoms with Gasteiger partial charge < -0.3 is 24.8 Å². The second kappa shape index (κ2) is 9.78. The predicted molar refractivity (Wildman–Crippen MR) is 137 cm³/mol. The van der Waals surface area contributed by atoms with Crippen LogP contribution in [0.2, 0.25) is 0 Å². The topological polar surface area (TPSA) is 113 Å². The van der Waals surface area contributed by atoms with E-state index in [9.17, 15) is 24.9 Å². The van der Waals surface area contributed by atoms with Crippen LogP contribution in [0.3, 0.4) is 0 Å². The minimum Gasteiger partial charge on any atom is -0.465 e. The van der Waals surface area contributed by atoms with Crippen molar-refractivity contribution in [2.75, 3.05) is 6.61 Å². The summed E-state index contributed by atoms with van der Waals surface area (Å²) in [5, 5.41) is 33.5. The van der Waals surface area contributed by atoms with Crippen molar-refractivity contribution in [1.82, 2.24) is 0 Å². The van der Waals surface area contributed by atoms with E-state index in [1.54, 1.807) is 6.92 Å². The van der Waals surface area contributed by atoms with Crippen LogP contribution >= 0.6 is 0 Å². The Morgan fingerprint density at radius 1 is 1.05 bits per heavy atom. The number of esters is 2. The maximum Gasteiger partial charge on any atom is 0.309 e. The van der Waals surface area contributed by atoms with Crippen molar-refractivity contribution in [1.29, 1.82) is 0 Å². The molecule has 1 saturated heterocycles. The average molecular weight is 521 g/mol. The molecule has 7 heteroatoms. The first kappa shape index (κ1) is 27.4. The highest BCUT2D eigenvalue weighted by molar-refractivity contribution is 5.74. The van der Waals surface area contributed by atoms with Gasteiger partial charge in [-0.1, -0.05) is 20.8 Å². The second-order valence-electron chi connectivity index (χ2n) is 14.1. The molecule has 5 rings (SSSR count). The normalized spacial score (nSPS) is 50.3. The Balaban J connectivity index is 1.26. The maximum atomic E-state index is 12.7. The number of aliphatic hydroxyl groups excluding tert-OH is 3. The van der Waals surface area contributed by atoms with E-state index >= 15 is 0 Å². The summed E-state index contributed by atoms with van der Waals surface area (Å²) < 4.78 is 10.7. The van der Waals surface area contributed by atoms with Gasteiger partial charge in [0.2, 0.25) is 0 Å². The van der Waals surface area contributed by atoms with Crippen LogP contribution in [-0.2, 0) is 19.1 Å². The summed E-state index contributed by atoms with van der Waals surface area (Å²) in [7, 11) is 0. The molecule has 3 N–H and O–H groups in total. The van der Waals surface area contributed by atoms with Gasteiger partial charge in [0.1, 0.15) is 5.60 Å². The maximum absolute atomic E-state index is 12.7. The summed E-state index contributed by atoms with van der Waals surface area (Å²) in [4.78, 5) is 24.4. The number of carbonyl (C=O) groups is 2. The number of hydrogen-bond acceptors (Lipinski definition) is 7. The average Bonchev–Trinajstić information content (AvgIpc) is 3.17. The summed E-state index contributed by atoms with van der Waals surface area (Å²) in [6.07, 6.45) is 6.60. The smallest absolute Gasteiger partial charge is 0.309 e. The molecule has 0 amide bonds. The molecule has 1 aliphatic heterocycles. The molecule has 5 aliphatic rings. The molecule has 4 aliphatic carbocycles. The summed E-state index contributed by atoms with van der Waals surface area (Å²) in [5.41, 5.74) is -0.989. The Morgan fingerprint density at radius 3 is 2.54 bits per heavy atom. The summed E-state index contributed by atoms with van der Waals surface area (Å²) in [6.45, 7) is 8.88. The lowest BCUT2D eigenvalue weighted by atomic mass is 9.43. The molecular weight excluding hydrogens is 472 g/mol. The van der Waals surface area contributed by atoms with Crippen molar-refractivity contribution in [3.05, 3.63) is 0 Å². The van der Waals surface area contributed by atoms with Gasteiger partial charge in [-0.15, -0.1) is 0 Å². The summed E-state index contributed by atoms with van der Waals surface area (Å²) in [5.74, 6) is 1.01. The lowest BCUT2D eigenvalue weighted by molar-refractivity contribution is -0.207. The quantitative estimate of drug-likeness (QED) is 0.470. The van der Waals surface area contributed by atoms with Crippen LogP contribution in [-0.4, -0.2) is 57.8 Å². The predicted octanol–water partition coefficient (Wildman–Crippen LogP) is 4.00. The van der Waals surface area contributed by atoms with Crippen molar-refractivity contribution < 1.29 is 34.4 Å². The molecule has 4 saturated carbocycles. The Bertz CT molecular complexity index is 891. The highest BCUT2D eigenvalue weighted by atomic mass is 16.6. The number of hydrogen-bond donors (Lipinski definition) is 3. The second-order valence-corrected chi connectivity index (χ2v) is 14.1. The van der Waals surface area contributed by atoms with Crippen LogP contribution in [0.1, 0.15) is 98.3 Å². The Hall–Kier alpha value is -1.18. The van der Waals surface area contributed by atoms with E-state index in [1.165, 1.54) is 0 Å². The molecule has 1 heterocycles. The molecular formula is C30H48O7. The molecule has 5 fully saturated rings. The summed E-state index contributed by atoms with van der Waals surface area (Å²) >= 11 is 0. The zero-order valence-corrected chi connectivity index (χ0v) is 23.2. The van der Waals surface area contributed by atoms with E-state index in [2.05, 4.69) is 20.8 Å². The van der Waals surface area contributed by atoms with Gasteiger partial charge in [0.25, 0.3) is 0 Å². The first-order valence-electron chi connectivity index (χ1n) is 14.8. The van der Waals surface area contributed by atoms with Gasteiger partial charge in [-0.2, -0.15) is 0 Å². The molecule has 0 aromatic carbocycles. The number of carbonyl (C=O) groups excluding carboxylic acids is 2. The van der Waals surface area contributed by atoms with Crippen LogP contribution < -0.4 is 0 Å². The van der Waals surface area contributed by atoms with Gasteiger partial charge in [-0.05, 0) is 105 Å².